The summed E-state index contributed by atoms with van der Waals surface area (Å²) in [5.41, 5.74) is 0. The molecule has 0 saturated carbocycles. The van der Waals surface area contributed by atoms with Gasteiger partial charge in [0, 0.05) is 19.3 Å². The summed E-state index contributed by atoms with van der Waals surface area (Å²) in [6.45, 7) is 2.48. The van der Waals surface area contributed by atoms with Crippen molar-refractivity contribution >= 4 is 15.8 Å². The molecule has 84 valence electrons. The van der Waals surface area contributed by atoms with E-state index < -0.39 is 10.0 Å². The Bertz CT molecular complexity index is 379. The summed E-state index contributed by atoms with van der Waals surface area (Å²) < 4.78 is 24.9. The molecule has 1 aromatic heterocycles. The van der Waals surface area contributed by atoms with Crippen molar-refractivity contribution in [2.24, 2.45) is 0 Å². The largest absolute Gasteiger partial charge is 0.369 e. The number of nitrogens with zero attached hydrogens (tertiary/aromatic N) is 2. The lowest BCUT2D eigenvalue weighted by molar-refractivity contribution is 0.584. The molecule has 0 aliphatic heterocycles. The molecule has 0 unspecified atom stereocenters. The van der Waals surface area contributed by atoms with E-state index in [2.05, 4.69) is 20.0 Å². The van der Waals surface area contributed by atoms with Crippen LogP contribution in [0.15, 0.2) is 18.6 Å². The molecule has 7 heteroatoms. The lowest BCUT2D eigenvalue weighted by atomic mass is 10.6. The van der Waals surface area contributed by atoms with Gasteiger partial charge < -0.3 is 5.32 Å². The fourth-order valence-electron chi connectivity index (χ4n) is 1.00. The Kier molecular flexibility index (Phi) is 4.44. The van der Waals surface area contributed by atoms with Gasteiger partial charge in [-0.15, -0.1) is 0 Å². The Balaban J connectivity index is 2.34. The van der Waals surface area contributed by atoms with Gasteiger partial charge in [-0.1, -0.05) is 6.92 Å². The second-order valence-electron chi connectivity index (χ2n) is 2.84. The molecule has 0 atom stereocenters. The molecule has 1 heterocycles. The summed E-state index contributed by atoms with van der Waals surface area (Å²) in [4.78, 5) is 7.66. The highest BCUT2D eigenvalue weighted by atomic mass is 32.2. The van der Waals surface area contributed by atoms with E-state index >= 15 is 0 Å². The molecule has 2 N–H and O–H groups in total. The minimum absolute atomic E-state index is 0.0326. The summed E-state index contributed by atoms with van der Waals surface area (Å²) in [5.74, 6) is 0.655. The summed E-state index contributed by atoms with van der Waals surface area (Å²) in [6.07, 6.45) is 3.00. The number of rotatable bonds is 6. The summed E-state index contributed by atoms with van der Waals surface area (Å²) in [6, 6.07) is 1.68. The van der Waals surface area contributed by atoms with Gasteiger partial charge in [0.05, 0.1) is 5.75 Å². The van der Waals surface area contributed by atoms with Crippen LogP contribution in [0.25, 0.3) is 0 Å². The van der Waals surface area contributed by atoms with Crippen LogP contribution in [0.4, 0.5) is 5.82 Å². The fourth-order valence-corrected chi connectivity index (χ4v) is 1.96. The molecule has 0 aromatic carbocycles. The molecular weight excluding hydrogens is 216 g/mol. The van der Waals surface area contributed by atoms with Crippen LogP contribution in [0.2, 0.25) is 0 Å². The average Bonchev–Trinajstić information content (AvgIpc) is 2.19. The quantitative estimate of drug-likeness (QED) is 0.708. The van der Waals surface area contributed by atoms with Crippen LogP contribution in [-0.4, -0.2) is 37.2 Å². The van der Waals surface area contributed by atoms with Crippen LogP contribution in [-0.2, 0) is 10.0 Å². The smallest absolute Gasteiger partial charge is 0.213 e. The average molecular weight is 230 g/mol. The van der Waals surface area contributed by atoms with Gasteiger partial charge in [-0.05, 0) is 6.07 Å². The first-order valence-electron chi connectivity index (χ1n) is 4.61. The van der Waals surface area contributed by atoms with E-state index in [4.69, 9.17) is 0 Å². The van der Waals surface area contributed by atoms with Gasteiger partial charge in [0.15, 0.2) is 0 Å². The molecule has 1 aromatic rings. The van der Waals surface area contributed by atoms with E-state index in [9.17, 15) is 8.42 Å². The second kappa shape index (κ2) is 5.62. The molecule has 0 fully saturated rings. The van der Waals surface area contributed by atoms with Crippen LogP contribution < -0.4 is 10.0 Å². The molecule has 0 radical (unpaired) electrons. The zero-order chi connectivity index (χ0) is 11.1. The minimum atomic E-state index is -3.16. The molecule has 6 nitrogen and oxygen atoms in total. The number of hydrogen-bond donors (Lipinski definition) is 2. The Morgan fingerprint density at radius 1 is 1.47 bits per heavy atom. The first-order valence-corrected chi connectivity index (χ1v) is 6.26. The lowest BCUT2D eigenvalue weighted by Gasteiger charge is -2.06. The molecular formula is C8H14N4O2S. The van der Waals surface area contributed by atoms with E-state index in [1.807, 2.05) is 0 Å². The van der Waals surface area contributed by atoms with Crippen LogP contribution in [0.5, 0.6) is 0 Å². The zero-order valence-corrected chi connectivity index (χ0v) is 9.29. The molecule has 0 aliphatic rings. The Morgan fingerprint density at radius 3 is 2.87 bits per heavy atom. The maximum absolute atomic E-state index is 11.2. The Labute approximate surface area is 89.2 Å². The standard InChI is InChI=1S/C8H14N4O2S/c1-2-12-15(13,14)6-5-10-8-3-4-9-7-11-8/h3-4,7,12H,2,5-6H2,1H3,(H,9,10,11). The molecule has 0 spiro atoms. The summed E-state index contributed by atoms with van der Waals surface area (Å²) in [5, 5.41) is 2.89. The summed E-state index contributed by atoms with van der Waals surface area (Å²) in [7, 11) is -3.16. The monoisotopic (exact) mass is 230 g/mol. The van der Waals surface area contributed by atoms with Crippen molar-refractivity contribution in [1.29, 1.82) is 0 Å². The van der Waals surface area contributed by atoms with Crippen molar-refractivity contribution in [2.45, 2.75) is 6.92 Å². The van der Waals surface area contributed by atoms with Crippen LogP contribution in [0.3, 0.4) is 0 Å². The SMILES string of the molecule is CCNS(=O)(=O)CCNc1ccncn1. The third-order valence-corrected chi connectivity index (χ3v) is 3.09. The van der Waals surface area contributed by atoms with Gasteiger partial charge in [-0.3, -0.25) is 0 Å². The predicted octanol–water partition coefficient (Wildman–Crippen LogP) is -0.172. The van der Waals surface area contributed by atoms with Gasteiger partial charge in [0.2, 0.25) is 10.0 Å². The van der Waals surface area contributed by atoms with Crippen LogP contribution in [0.1, 0.15) is 6.92 Å². The first-order chi connectivity index (χ1) is 7.14. The maximum Gasteiger partial charge on any atom is 0.213 e. The molecule has 0 bridgehead atoms. The number of sulfonamides is 1. The van der Waals surface area contributed by atoms with Gasteiger partial charge in [-0.2, -0.15) is 0 Å². The topological polar surface area (TPSA) is 84.0 Å². The minimum Gasteiger partial charge on any atom is -0.369 e. The predicted molar refractivity (Wildman–Crippen MR) is 58.0 cm³/mol. The van der Waals surface area contributed by atoms with Crippen molar-refractivity contribution in [2.75, 3.05) is 24.2 Å². The molecule has 0 amide bonds. The second-order valence-corrected chi connectivity index (χ2v) is 4.76. The first kappa shape index (κ1) is 11.9. The number of hydrogen-bond acceptors (Lipinski definition) is 5. The maximum atomic E-state index is 11.2. The van der Waals surface area contributed by atoms with Crippen molar-refractivity contribution in [1.82, 2.24) is 14.7 Å². The zero-order valence-electron chi connectivity index (χ0n) is 8.47. The van der Waals surface area contributed by atoms with Gasteiger partial charge in [0.1, 0.15) is 12.1 Å². The van der Waals surface area contributed by atoms with Crippen molar-refractivity contribution in [3.8, 4) is 0 Å². The molecule has 1 rings (SSSR count). The number of aromatic nitrogens is 2. The Morgan fingerprint density at radius 2 is 2.27 bits per heavy atom. The van der Waals surface area contributed by atoms with E-state index in [1.54, 1.807) is 19.2 Å². The molecule has 0 saturated heterocycles. The van der Waals surface area contributed by atoms with Crippen LogP contribution in [0, 0.1) is 0 Å². The third kappa shape index (κ3) is 4.71. The summed E-state index contributed by atoms with van der Waals surface area (Å²) >= 11 is 0. The lowest BCUT2D eigenvalue weighted by Crippen LogP contribution is -2.29. The van der Waals surface area contributed by atoms with Crippen molar-refractivity contribution < 1.29 is 8.42 Å². The van der Waals surface area contributed by atoms with Crippen molar-refractivity contribution in [3.63, 3.8) is 0 Å². The van der Waals surface area contributed by atoms with Crippen LogP contribution >= 0.6 is 0 Å². The molecule has 0 aliphatic carbocycles. The third-order valence-electron chi connectivity index (χ3n) is 1.62. The van der Waals surface area contributed by atoms with E-state index in [0.717, 1.165) is 0 Å². The molecule has 15 heavy (non-hydrogen) atoms. The highest BCUT2D eigenvalue weighted by molar-refractivity contribution is 7.89. The highest BCUT2D eigenvalue weighted by Crippen LogP contribution is 1.97. The fraction of sp³-hybridized carbons (Fsp3) is 0.500. The van der Waals surface area contributed by atoms with Gasteiger partial charge >= 0.3 is 0 Å². The van der Waals surface area contributed by atoms with E-state index in [0.29, 0.717) is 18.9 Å². The number of anilines is 1. The van der Waals surface area contributed by atoms with Gasteiger partial charge in [-0.25, -0.2) is 23.1 Å². The number of nitrogens with one attached hydrogen (secondary N) is 2. The normalized spacial score (nSPS) is 11.3. The van der Waals surface area contributed by atoms with E-state index in [1.165, 1.54) is 6.33 Å². The highest BCUT2D eigenvalue weighted by Gasteiger charge is 2.07. The Hall–Kier alpha value is -1.21. The van der Waals surface area contributed by atoms with E-state index in [-0.39, 0.29) is 5.75 Å². The van der Waals surface area contributed by atoms with Crippen molar-refractivity contribution in [3.05, 3.63) is 18.6 Å². The van der Waals surface area contributed by atoms with Gasteiger partial charge in [0.25, 0.3) is 0 Å².